The molecule has 0 fully saturated rings. The van der Waals surface area contributed by atoms with Crippen molar-refractivity contribution >= 4 is 5.69 Å². The Labute approximate surface area is 98.1 Å². The summed E-state index contributed by atoms with van der Waals surface area (Å²) >= 11 is 0. The highest BCUT2D eigenvalue weighted by Crippen LogP contribution is 2.15. The van der Waals surface area contributed by atoms with Gasteiger partial charge in [0.2, 0.25) is 0 Å². The first kappa shape index (κ1) is 11.1. The number of rotatable bonds is 4. The Morgan fingerprint density at radius 2 is 2.35 bits per heavy atom. The number of hydrogen-bond acceptors (Lipinski definition) is 3. The van der Waals surface area contributed by atoms with Crippen LogP contribution in [0.5, 0.6) is 0 Å². The highest BCUT2D eigenvalue weighted by atomic mass is 19.1. The van der Waals surface area contributed by atoms with Gasteiger partial charge in [-0.3, -0.25) is 0 Å². The van der Waals surface area contributed by atoms with E-state index in [0.29, 0.717) is 17.8 Å². The van der Waals surface area contributed by atoms with Gasteiger partial charge in [-0.25, -0.2) is 9.37 Å². The largest absolute Gasteiger partial charge is 0.384 e. The van der Waals surface area contributed by atoms with Crippen LogP contribution in [-0.2, 0) is 6.42 Å². The molecule has 4 nitrogen and oxygen atoms in total. The van der Waals surface area contributed by atoms with E-state index in [1.165, 1.54) is 12.1 Å². The van der Waals surface area contributed by atoms with E-state index >= 15 is 0 Å². The Morgan fingerprint density at radius 1 is 1.47 bits per heavy atom. The fraction of sp³-hybridized carbons (Fsp3) is 0.167. The summed E-state index contributed by atoms with van der Waals surface area (Å²) in [6.45, 7) is 0.655. The molecular formula is C12H11FN4. The minimum atomic E-state index is -0.402. The van der Waals surface area contributed by atoms with Gasteiger partial charge in [-0.15, -0.1) is 0 Å². The molecule has 17 heavy (non-hydrogen) atoms. The summed E-state index contributed by atoms with van der Waals surface area (Å²) in [5, 5.41) is 11.9. The predicted octanol–water partition coefficient (Wildman–Crippen LogP) is 2.08. The van der Waals surface area contributed by atoms with Crippen LogP contribution in [0.3, 0.4) is 0 Å². The normalized spacial score (nSPS) is 9.88. The molecule has 86 valence electrons. The van der Waals surface area contributed by atoms with Gasteiger partial charge in [0.25, 0.3) is 0 Å². The van der Waals surface area contributed by atoms with Crippen molar-refractivity contribution in [3.63, 3.8) is 0 Å². The molecule has 0 saturated carbocycles. The van der Waals surface area contributed by atoms with Gasteiger partial charge in [0.1, 0.15) is 11.9 Å². The lowest BCUT2D eigenvalue weighted by atomic mass is 10.2. The van der Waals surface area contributed by atoms with Crippen molar-refractivity contribution in [1.29, 1.82) is 5.26 Å². The van der Waals surface area contributed by atoms with Gasteiger partial charge in [-0.1, -0.05) is 0 Å². The molecule has 0 saturated heterocycles. The molecule has 0 spiro atoms. The number of halogens is 1. The van der Waals surface area contributed by atoms with Gasteiger partial charge < -0.3 is 10.3 Å². The Hall–Kier alpha value is -2.35. The average Bonchev–Trinajstić information content (AvgIpc) is 2.84. The summed E-state index contributed by atoms with van der Waals surface area (Å²) in [6, 6.07) is 6.08. The standard InChI is InChI=1S/C12H11FN4/c13-10-1-2-12(9(5-10)6-14)16-4-3-11-7-15-8-17-11/h1-2,5,7-8,16H,3-4H2,(H,15,17). The van der Waals surface area contributed by atoms with Crippen LogP contribution in [0.1, 0.15) is 11.3 Å². The van der Waals surface area contributed by atoms with E-state index in [1.54, 1.807) is 18.6 Å². The summed E-state index contributed by atoms with van der Waals surface area (Å²) < 4.78 is 12.9. The topological polar surface area (TPSA) is 64.5 Å². The summed E-state index contributed by atoms with van der Waals surface area (Å²) in [5.41, 5.74) is 1.97. The molecule has 5 heteroatoms. The van der Waals surface area contributed by atoms with Crippen molar-refractivity contribution < 1.29 is 4.39 Å². The van der Waals surface area contributed by atoms with Gasteiger partial charge in [0.05, 0.1) is 17.6 Å². The summed E-state index contributed by atoms with van der Waals surface area (Å²) in [5.74, 6) is -0.402. The first-order valence-electron chi connectivity index (χ1n) is 5.20. The summed E-state index contributed by atoms with van der Waals surface area (Å²) in [4.78, 5) is 6.89. The Morgan fingerprint density at radius 3 is 3.06 bits per heavy atom. The van der Waals surface area contributed by atoms with Crippen LogP contribution < -0.4 is 5.32 Å². The number of nitrogens with zero attached hydrogens (tertiary/aromatic N) is 2. The van der Waals surface area contributed by atoms with Gasteiger partial charge in [-0.05, 0) is 18.2 Å². The maximum absolute atomic E-state index is 12.9. The number of benzene rings is 1. The molecule has 0 aliphatic rings. The Kier molecular flexibility index (Phi) is 3.36. The van der Waals surface area contributed by atoms with Gasteiger partial charge in [0, 0.05) is 24.9 Å². The lowest BCUT2D eigenvalue weighted by Crippen LogP contribution is -2.06. The number of nitriles is 1. The van der Waals surface area contributed by atoms with E-state index in [0.717, 1.165) is 12.1 Å². The third-order valence-corrected chi connectivity index (χ3v) is 2.37. The molecule has 0 aliphatic carbocycles. The molecule has 0 unspecified atom stereocenters. The van der Waals surface area contributed by atoms with Crippen molar-refractivity contribution in [3.8, 4) is 6.07 Å². The SMILES string of the molecule is N#Cc1cc(F)ccc1NCCc1cnc[nH]1. The number of anilines is 1. The molecule has 0 bridgehead atoms. The Balaban J connectivity index is 1.97. The van der Waals surface area contributed by atoms with Crippen LogP contribution in [0.2, 0.25) is 0 Å². The lowest BCUT2D eigenvalue weighted by Gasteiger charge is -2.07. The zero-order valence-electron chi connectivity index (χ0n) is 9.07. The predicted molar refractivity (Wildman–Crippen MR) is 61.9 cm³/mol. The van der Waals surface area contributed by atoms with E-state index in [2.05, 4.69) is 15.3 Å². The smallest absolute Gasteiger partial charge is 0.124 e. The molecule has 2 N–H and O–H groups in total. The minimum Gasteiger partial charge on any atom is -0.384 e. The number of hydrogen-bond donors (Lipinski definition) is 2. The van der Waals surface area contributed by atoms with Crippen LogP contribution in [0, 0.1) is 17.1 Å². The second-order valence-corrected chi connectivity index (χ2v) is 3.56. The summed E-state index contributed by atoms with van der Waals surface area (Å²) in [7, 11) is 0. The molecule has 0 atom stereocenters. The van der Waals surface area contributed by atoms with Crippen molar-refractivity contribution in [3.05, 3.63) is 47.8 Å². The van der Waals surface area contributed by atoms with Gasteiger partial charge >= 0.3 is 0 Å². The van der Waals surface area contributed by atoms with Gasteiger partial charge in [-0.2, -0.15) is 5.26 Å². The first-order valence-corrected chi connectivity index (χ1v) is 5.20. The first-order chi connectivity index (χ1) is 8.29. The monoisotopic (exact) mass is 230 g/mol. The molecule has 0 amide bonds. The molecule has 0 radical (unpaired) electrons. The van der Waals surface area contributed by atoms with Crippen molar-refractivity contribution in [1.82, 2.24) is 9.97 Å². The third kappa shape index (κ3) is 2.82. The van der Waals surface area contributed by atoms with Crippen LogP contribution in [-0.4, -0.2) is 16.5 Å². The number of aromatic amines is 1. The summed E-state index contributed by atoms with van der Waals surface area (Å²) in [6.07, 6.45) is 4.13. The molecular weight excluding hydrogens is 219 g/mol. The Bertz CT molecular complexity index is 528. The number of nitrogens with one attached hydrogen (secondary N) is 2. The fourth-order valence-corrected chi connectivity index (χ4v) is 1.52. The van der Waals surface area contributed by atoms with E-state index in [4.69, 9.17) is 5.26 Å². The van der Waals surface area contributed by atoms with E-state index < -0.39 is 5.82 Å². The fourth-order valence-electron chi connectivity index (χ4n) is 1.52. The maximum Gasteiger partial charge on any atom is 0.124 e. The van der Waals surface area contributed by atoms with Gasteiger partial charge in [0.15, 0.2) is 0 Å². The molecule has 2 aromatic rings. The zero-order valence-corrected chi connectivity index (χ0v) is 9.07. The molecule has 0 aliphatic heterocycles. The number of H-pyrrole nitrogens is 1. The molecule has 1 heterocycles. The van der Waals surface area contributed by atoms with Crippen LogP contribution in [0.25, 0.3) is 0 Å². The van der Waals surface area contributed by atoms with E-state index in [9.17, 15) is 4.39 Å². The molecule has 2 rings (SSSR count). The lowest BCUT2D eigenvalue weighted by molar-refractivity contribution is 0.627. The van der Waals surface area contributed by atoms with E-state index in [-0.39, 0.29) is 0 Å². The van der Waals surface area contributed by atoms with Crippen molar-refractivity contribution in [2.75, 3.05) is 11.9 Å². The maximum atomic E-state index is 12.9. The quantitative estimate of drug-likeness (QED) is 0.845. The van der Waals surface area contributed by atoms with Crippen LogP contribution in [0.4, 0.5) is 10.1 Å². The zero-order chi connectivity index (χ0) is 12.1. The molecule has 1 aromatic heterocycles. The van der Waals surface area contributed by atoms with Crippen molar-refractivity contribution in [2.24, 2.45) is 0 Å². The minimum absolute atomic E-state index is 0.314. The highest BCUT2D eigenvalue weighted by molar-refractivity contribution is 5.57. The number of imidazole rings is 1. The number of aromatic nitrogens is 2. The average molecular weight is 230 g/mol. The second kappa shape index (κ2) is 5.12. The second-order valence-electron chi connectivity index (χ2n) is 3.56. The van der Waals surface area contributed by atoms with Crippen molar-refractivity contribution in [2.45, 2.75) is 6.42 Å². The highest BCUT2D eigenvalue weighted by Gasteiger charge is 2.03. The van der Waals surface area contributed by atoms with Crippen LogP contribution in [0.15, 0.2) is 30.7 Å². The molecule has 1 aromatic carbocycles. The van der Waals surface area contributed by atoms with Crippen LogP contribution >= 0.6 is 0 Å². The third-order valence-electron chi connectivity index (χ3n) is 2.37. The van der Waals surface area contributed by atoms with E-state index in [1.807, 2.05) is 6.07 Å².